The number of hydrogen-bond acceptors (Lipinski definition) is 8. The van der Waals surface area contributed by atoms with E-state index in [-0.39, 0.29) is 0 Å². The number of thiophene rings is 1. The third-order valence-corrected chi connectivity index (χ3v) is 5.51. The van der Waals surface area contributed by atoms with Crippen LogP contribution in [0.25, 0.3) is 16.0 Å². The van der Waals surface area contributed by atoms with Crippen molar-refractivity contribution >= 4 is 33.1 Å². The van der Waals surface area contributed by atoms with E-state index in [2.05, 4.69) is 37.6 Å². The number of rotatable bonds is 5. The van der Waals surface area contributed by atoms with E-state index in [4.69, 9.17) is 0 Å². The van der Waals surface area contributed by atoms with Crippen LogP contribution in [0, 0.1) is 0 Å². The van der Waals surface area contributed by atoms with Gasteiger partial charge in [-0.2, -0.15) is 9.50 Å². The molecule has 3 aromatic rings. The van der Waals surface area contributed by atoms with E-state index in [0.29, 0.717) is 12.3 Å². The van der Waals surface area contributed by atoms with Crippen molar-refractivity contribution in [3.8, 4) is 0 Å². The Hall–Kier alpha value is -1.84. The lowest BCUT2D eigenvalue weighted by Gasteiger charge is -2.26. The van der Waals surface area contributed by atoms with E-state index in [1.165, 1.54) is 16.9 Å². The van der Waals surface area contributed by atoms with Crippen molar-refractivity contribution in [2.75, 3.05) is 25.0 Å². The molecule has 0 aromatic carbocycles. The van der Waals surface area contributed by atoms with Crippen molar-refractivity contribution in [1.82, 2.24) is 29.9 Å². The lowest BCUT2D eigenvalue weighted by Crippen LogP contribution is -2.30. The highest BCUT2D eigenvalue weighted by molar-refractivity contribution is 7.19. The average Bonchev–Trinajstić information content (AvgIpc) is 3.16. The minimum atomic E-state index is -0.441. The molecule has 24 heavy (non-hydrogen) atoms. The number of fused-ring (bicyclic) bond motifs is 5. The maximum Gasteiger partial charge on any atom is 0.276 e. The molecule has 1 aliphatic rings. The molecule has 1 atom stereocenters. The van der Waals surface area contributed by atoms with Gasteiger partial charge in [-0.25, -0.2) is 0 Å². The molecule has 8 nitrogen and oxygen atoms in total. The summed E-state index contributed by atoms with van der Waals surface area (Å²) in [5, 5.41) is 25.8. The van der Waals surface area contributed by atoms with Crippen LogP contribution in [-0.4, -0.2) is 60.8 Å². The molecule has 0 fully saturated rings. The molecule has 4 rings (SSSR count). The number of anilines is 1. The average molecular weight is 347 g/mol. The van der Waals surface area contributed by atoms with Crippen LogP contribution in [0.3, 0.4) is 0 Å². The first-order chi connectivity index (χ1) is 11.7. The fourth-order valence-electron chi connectivity index (χ4n) is 3.25. The molecule has 9 heteroatoms. The first-order valence-corrected chi connectivity index (χ1v) is 9.15. The second-order valence-corrected chi connectivity index (χ2v) is 7.37. The molecule has 2 N–H and O–H groups in total. The summed E-state index contributed by atoms with van der Waals surface area (Å²) in [7, 11) is 0. The van der Waals surface area contributed by atoms with Crippen LogP contribution in [-0.2, 0) is 13.0 Å². The lowest BCUT2D eigenvalue weighted by atomic mass is 10.0. The summed E-state index contributed by atoms with van der Waals surface area (Å²) in [6, 6.07) is 0. The largest absolute Gasteiger partial charge is 0.392 e. The molecule has 0 bridgehead atoms. The van der Waals surface area contributed by atoms with Crippen LogP contribution in [0.1, 0.15) is 30.7 Å². The van der Waals surface area contributed by atoms with Gasteiger partial charge < -0.3 is 10.4 Å². The number of nitrogens with zero attached hydrogens (tertiary/aromatic N) is 6. The Morgan fingerprint density at radius 3 is 3.08 bits per heavy atom. The Bertz CT molecular complexity index is 872. The molecular formula is C15H21N7OS. The zero-order valence-electron chi connectivity index (χ0n) is 13.9. The third-order valence-electron chi connectivity index (χ3n) is 4.32. The molecule has 128 valence electrons. The van der Waals surface area contributed by atoms with Gasteiger partial charge in [-0.1, -0.05) is 12.0 Å². The molecule has 1 aliphatic heterocycles. The second kappa shape index (κ2) is 6.23. The standard InChI is InChI=1S/C15H21N7OS/c1-3-5-21-6-4-10-11(8-21)24-14-12(10)13(16-7-9(2)23)17-15-18-19-20-22(14)15/h9,23H,3-8H2,1-2H3,(H,16,17,18,20). The summed E-state index contributed by atoms with van der Waals surface area (Å²) in [6.45, 7) is 7.59. The van der Waals surface area contributed by atoms with Crippen molar-refractivity contribution in [2.45, 2.75) is 39.3 Å². The first-order valence-electron chi connectivity index (χ1n) is 8.34. The van der Waals surface area contributed by atoms with E-state index in [0.717, 1.165) is 42.1 Å². The maximum atomic E-state index is 9.60. The van der Waals surface area contributed by atoms with Gasteiger partial charge in [0.25, 0.3) is 5.78 Å². The minimum absolute atomic E-state index is 0.441. The molecule has 3 aromatic heterocycles. The molecule has 0 saturated heterocycles. The summed E-state index contributed by atoms with van der Waals surface area (Å²) in [4.78, 5) is 9.46. The van der Waals surface area contributed by atoms with Crippen molar-refractivity contribution in [2.24, 2.45) is 0 Å². The summed E-state index contributed by atoms with van der Waals surface area (Å²) in [5.41, 5.74) is 1.35. The normalized spacial score (nSPS) is 16.6. The number of aliphatic hydroxyl groups excluding tert-OH is 1. The second-order valence-electron chi connectivity index (χ2n) is 6.29. The third kappa shape index (κ3) is 2.62. The van der Waals surface area contributed by atoms with E-state index in [9.17, 15) is 5.11 Å². The number of nitrogens with one attached hydrogen (secondary N) is 1. The van der Waals surface area contributed by atoms with Crippen LogP contribution < -0.4 is 5.32 Å². The number of tetrazole rings is 1. The molecule has 1 unspecified atom stereocenters. The van der Waals surface area contributed by atoms with Crippen molar-refractivity contribution in [3.05, 3.63) is 10.4 Å². The van der Waals surface area contributed by atoms with Crippen LogP contribution in [0.2, 0.25) is 0 Å². The maximum absolute atomic E-state index is 9.60. The van der Waals surface area contributed by atoms with Gasteiger partial charge in [0, 0.05) is 24.5 Å². The van der Waals surface area contributed by atoms with E-state index in [1.807, 2.05) is 0 Å². The van der Waals surface area contributed by atoms with Gasteiger partial charge in [0.1, 0.15) is 10.6 Å². The van der Waals surface area contributed by atoms with Crippen molar-refractivity contribution in [3.63, 3.8) is 0 Å². The van der Waals surface area contributed by atoms with Crippen LogP contribution in [0.5, 0.6) is 0 Å². The Balaban J connectivity index is 1.85. The summed E-state index contributed by atoms with van der Waals surface area (Å²) in [6.07, 6.45) is 1.73. The topological polar surface area (TPSA) is 91.5 Å². The van der Waals surface area contributed by atoms with E-state index in [1.54, 1.807) is 22.8 Å². The Labute approximate surface area is 143 Å². The van der Waals surface area contributed by atoms with Gasteiger partial charge in [-0.3, -0.25) is 4.90 Å². The predicted molar refractivity (Wildman–Crippen MR) is 93.4 cm³/mol. The van der Waals surface area contributed by atoms with Gasteiger partial charge >= 0.3 is 0 Å². The van der Waals surface area contributed by atoms with Crippen LogP contribution in [0.4, 0.5) is 5.82 Å². The van der Waals surface area contributed by atoms with Crippen molar-refractivity contribution in [1.29, 1.82) is 0 Å². The number of aromatic nitrogens is 5. The van der Waals surface area contributed by atoms with Gasteiger partial charge in [-0.15, -0.1) is 11.3 Å². The molecule has 0 saturated carbocycles. The lowest BCUT2D eigenvalue weighted by molar-refractivity contribution is 0.208. The Morgan fingerprint density at radius 1 is 1.42 bits per heavy atom. The summed E-state index contributed by atoms with van der Waals surface area (Å²) >= 11 is 1.75. The van der Waals surface area contributed by atoms with Crippen molar-refractivity contribution < 1.29 is 5.11 Å². The fourth-order valence-corrected chi connectivity index (χ4v) is 4.59. The fraction of sp³-hybridized carbons (Fsp3) is 0.600. The van der Waals surface area contributed by atoms with Crippen LogP contribution in [0.15, 0.2) is 0 Å². The highest BCUT2D eigenvalue weighted by Gasteiger charge is 2.25. The Kier molecular flexibility index (Phi) is 4.07. The van der Waals surface area contributed by atoms with Gasteiger partial charge in [0.15, 0.2) is 0 Å². The highest BCUT2D eigenvalue weighted by atomic mass is 32.1. The molecule has 0 aliphatic carbocycles. The zero-order valence-corrected chi connectivity index (χ0v) is 14.7. The number of hydrogen-bond donors (Lipinski definition) is 2. The molecular weight excluding hydrogens is 326 g/mol. The zero-order chi connectivity index (χ0) is 16.7. The van der Waals surface area contributed by atoms with Gasteiger partial charge in [-0.05, 0) is 42.3 Å². The Morgan fingerprint density at radius 2 is 2.29 bits per heavy atom. The minimum Gasteiger partial charge on any atom is -0.392 e. The van der Waals surface area contributed by atoms with Gasteiger partial charge in [0.05, 0.1) is 11.5 Å². The molecule has 4 heterocycles. The summed E-state index contributed by atoms with van der Waals surface area (Å²) in [5.74, 6) is 1.26. The molecule has 0 radical (unpaired) electrons. The number of aliphatic hydroxyl groups is 1. The quantitative estimate of drug-likeness (QED) is 0.718. The van der Waals surface area contributed by atoms with Gasteiger partial charge in [0.2, 0.25) is 0 Å². The smallest absolute Gasteiger partial charge is 0.276 e. The van der Waals surface area contributed by atoms with E-state index < -0.39 is 6.10 Å². The van der Waals surface area contributed by atoms with Crippen LogP contribution >= 0.6 is 11.3 Å². The highest BCUT2D eigenvalue weighted by Crippen LogP contribution is 2.38. The molecule has 0 amide bonds. The SMILES string of the molecule is CCCN1CCc2c(sc3c2c(NCC(C)O)nc2nnnn23)C1. The monoisotopic (exact) mass is 347 g/mol. The predicted octanol–water partition coefficient (Wildman–Crippen LogP) is 1.29. The van der Waals surface area contributed by atoms with E-state index >= 15 is 0 Å². The summed E-state index contributed by atoms with van der Waals surface area (Å²) < 4.78 is 1.72. The first kappa shape index (κ1) is 15.7. The molecule has 0 spiro atoms.